The van der Waals surface area contributed by atoms with Gasteiger partial charge in [-0.2, -0.15) is 5.10 Å². The summed E-state index contributed by atoms with van der Waals surface area (Å²) < 4.78 is 27.7. The molecule has 33 heavy (non-hydrogen) atoms. The largest absolute Gasteiger partial charge is 0.490 e. The number of fused-ring (bicyclic) bond motifs is 2. The maximum Gasteiger partial charge on any atom is 0.311 e. The van der Waals surface area contributed by atoms with Gasteiger partial charge in [-0.05, 0) is 37.0 Å². The number of halogens is 2. The first-order valence-corrected chi connectivity index (χ1v) is 10.8. The normalized spacial score (nSPS) is 13.5. The second-order valence-electron chi connectivity index (χ2n) is 8.09. The summed E-state index contributed by atoms with van der Waals surface area (Å²) in [6.45, 7) is 0.778. The zero-order chi connectivity index (χ0) is 23.1. The molecule has 0 saturated heterocycles. The Hall–Kier alpha value is -3.46. The molecule has 5 rings (SSSR count). The van der Waals surface area contributed by atoms with E-state index in [0.717, 1.165) is 0 Å². The molecule has 0 amide bonds. The molecule has 1 aromatic carbocycles. The van der Waals surface area contributed by atoms with Crippen molar-refractivity contribution >= 4 is 34.1 Å². The molecule has 1 fully saturated rings. The topological polar surface area (TPSA) is 87.7 Å². The summed E-state index contributed by atoms with van der Waals surface area (Å²) in [5.41, 5.74) is 1.10. The van der Waals surface area contributed by atoms with Crippen LogP contribution in [0.2, 0.25) is 5.02 Å². The molecular weight excluding hydrogens is 451 g/mol. The van der Waals surface area contributed by atoms with Crippen LogP contribution in [0.5, 0.6) is 5.75 Å². The monoisotopic (exact) mass is 470 g/mol. The van der Waals surface area contributed by atoms with Gasteiger partial charge in [0, 0.05) is 17.6 Å². The van der Waals surface area contributed by atoms with E-state index in [1.807, 2.05) is 0 Å². The van der Waals surface area contributed by atoms with Crippen LogP contribution in [0.15, 0.2) is 41.5 Å². The second kappa shape index (κ2) is 8.47. The van der Waals surface area contributed by atoms with E-state index in [-0.39, 0.29) is 24.0 Å². The molecular formula is C23H20ClFN4O4. The smallest absolute Gasteiger partial charge is 0.311 e. The van der Waals surface area contributed by atoms with Crippen molar-refractivity contribution < 1.29 is 18.7 Å². The molecule has 4 aromatic rings. The highest BCUT2D eigenvalue weighted by molar-refractivity contribution is 6.32. The van der Waals surface area contributed by atoms with Crippen LogP contribution < -0.4 is 10.2 Å². The summed E-state index contributed by atoms with van der Waals surface area (Å²) in [5, 5.41) is 5.05. The standard InChI is InChI=1S/C23H20ClFN4O4/c1-32-22(30)8-18-23(31)16-5-4-14(25)6-19(16)29(27-18)10-15-9-28-11-20(33-12-13-2-3-13)17(24)7-21(28)26-15/h4-7,9,11,13H,2-3,8,10,12H2,1H3. The number of imidazole rings is 1. The Morgan fingerprint density at radius 2 is 2.09 bits per heavy atom. The van der Waals surface area contributed by atoms with Crippen LogP contribution in [0, 0.1) is 11.7 Å². The molecule has 0 unspecified atom stereocenters. The molecule has 0 spiro atoms. The molecule has 3 heterocycles. The summed E-state index contributed by atoms with van der Waals surface area (Å²) in [5.74, 6) is 0.0786. The van der Waals surface area contributed by atoms with Crippen molar-refractivity contribution in [3.05, 3.63) is 69.1 Å². The highest BCUT2D eigenvalue weighted by atomic mass is 35.5. The predicted molar refractivity (Wildman–Crippen MR) is 119 cm³/mol. The molecule has 8 nitrogen and oxygen atoms in total. The van der Waals surface area contributed by atoms with E-state index in [1.165, 1.54) is 42.8 Å². The van der Waals surface area contributed by atoms with E-state index in [0.29, 0.717) is 40.2 Å². The van der Waals surface area contributed by atoms with E-state index < -0.39 is 17.2 Å². The zero-order valence-corrected chi connectivity index (χ0v) is 18.5. The third-order valence-corrected chi connectivity index (χ3v) is 5.86. The molecule has 0 radical (unpaired) electrons. The number of methoxy groups -OCH3 is 1. The Kier molecular flexibility index (Phi) is 5.49. The van der Waals surface area contributed by atoms with Crippen molar-refractivity contribution in [3.8, 4) is 5.75 Å². The Bertz CT molecular complexity index is 1440. The fourth-order valence-electron chi connectivity index (χ4n) is 3.63. The van der Waals surface area contributed by atoms with E-state index in [2.05, 4.69) is 14.8 Å². The number of nitrogens with zero attached hydrogens (tertiary/aromatic N) is 4. The van der Waals surface area contributed by atoms with Gasteiger partial charge in [0.15, 0.2) is 5.75 Å². The third-order valence-electron chi connectivity index (χ3n) is 5.57. The number of esters is 1. The maximum atomic E-state index is 14.0. The van der Waals surface area contributed by atoms with E-state index >= 15 is 0 Å². The number of hydrogen-bond donors (Lipinski definition) is 0. The van der Waals surface area contributed by atoms with Crippen LogP contribution in [0.3, 0.4) is 0 Å². The number of rotatable bonds is 7. The van der Waals surface area contributed by atoms with Crippen LogP contribution >= 0.6 is 11.6 Å². The van der Waals surface area contributed by atoms with Crippen molar-refractivity contribution in [2.24, 2.45) is 5.92 Å². The molecule has 0 aliphatic heterocycles. The first-order valence-electron chi connectivity index (χ1n) is 10.5. The maximum absolute atomic E-state index is 14.0. The second-order valence-corrected chi connectivity index (χ2v) is 8.49. The number of pyridine rings is 1. The quantitative estimate of drug-likeness (QED) is 0.385. The molecule has 10 heteroatoms. The van der Waals surface area contributed by atoms with Crippen LogP contribution in [0.25, 0.3) is 16.6 Å². The summed E-state index contributed by atoms with van der Waals surface area (Å²) in [4.78, 5) is 29.1. The Morgan fingerprint density at radius 1 is 1.27 bits per heavy atom. The average Bonchev–Trinajstić information content (AvgIpc) is 3.54. The molecule has 0 N–H and O–H groups in total. The van der Waals surface area contributed by atoms with Gasteiger partial charge in [-0.1, -0.05) is 11.6 Å². The van der Waals surface area contributed by atoms with Gasteiger partial charge in [-0.15, -0.1) is 0 Å². The van der Waals surface area contributed by atoms with E-state index in [9.17, 15) is 14.0 Å². The third kappa shape index (κ3) is 4.41. The van der Waals surface area contributed by atoms with Crippen LogP contribution in [0.1, 0.15) is 24.2 Å². The van der Waals surface area contributed by atoms with Gasteiger partial charge in [0.2, 0.25) is 5.43 Å². The zero-order valence-electron chi connectivity index (χ0n) is 17.8. The fourth-order valence-corrected chi connectivity index (χ4v) is 3.83. The summed E-state index contributed by atoms with van der Waals surface area (Å²) in [6, 6.07) is 5.54. The first-order chi connectivity index (χ1) is 15.9. The van der Waals surface area contributed by atoms with Crippen LogP contribution in [-0.2, 0) is 22.5 Å². The average molecular weight is 471 g/mol. The van der Waals surface area contributed by atoms with Crippen LogP contribution in [0.4, 0.5) is 4.39 Å². The number of carbonyl (C=O) groups is 1. The summed E-state index contributed by atoms with van der Waals surface area (Å²) in [7, 11) is 1.24. The highest BCUT2D eigenvalue weighted by Gasteiger charge is 2.22. The lowest BCUT2D eigenvalue weighted by Gasteiger charge is -2.11. The molecule has 0 atom stereocenters. The van der Waals surface area contributed by atoms with Crippen molar-refractivity contribution in [1.82, 2.24) is 19.2 Å². The van der Waals surface area contributed by atoms with E-state index in [4.69, 9.17) is 16.3 Å². The van der Waals surface area contributed by atoms with Gasteiger partial charge in [0.25, 0.3) is 0 Å². The lowest BCUT2D eigenvalue weighted by atomic mass is 10.1. The predicted octanol–water partition coefficient (Wildman–Crippen LogP) is 3.39. The summed E-state index contributed by atoms with van der Waals surface area (Å²) in [6.07, 6.45) is 5.63. The lowest BCUT2D eigenvalue weighted by Crippen LogP contribution is -2.23. The van der Waals surface area contributed by atoms with E-state index in [1.54, 1.807) is 22.9 Å². The van der Waals surface area contributed by atoms with Gasteiger partial charge in [0.05, 0.1) is 49.1 Å². The van der Waals surface area contributed by atoms with Gasteiger partial charge in [0.1, 0.15) is 17.2 Å². The minimum absolute atomic E-state index is 0.0172. The molecule has 1 aliphatic carbocycles. The minimum Gasteiger partial charge on any atom is -0.490 e. The van der Waals surface area contributed by atoms with Crippen molar-refractivity contribution in [2.75, 3.05) is 13.7 Å². The van der Waals surface area contributed by atoms with Crippen molar-refractivity contribution in [2.45, 2.75) is 25.8 Å². The first kappa shape index (κ1) is 21.4. The Balaban J connectivity index is 1.53. The molecule has 170 valence electrons. The number of benzene rings is 1. The number of hydrogen-bond acceptors (Lipinski definition) is 6. The van der Waals surface area contributed by atoms with Gasteiger partial charge >= 0.3 is 5.97 Å². The number of carbonyl (C=O) groups excluding carboxylic acids is 1. The fraction of sp³-hybridized carbons (Fsp3) is 0.304. The number of aromatic nitrogens is 4. The van der Waals surface area contributed by atoms with Crippen molar-refractivity contribution in [3.63, 3.8) is 0 Å². The molecule has 3 aromatic heterocycles. The van der Waals surface area contributed by atoms with Gasteiger partial charge in [-0.3, -0.25) is 14.3 Å². The summed E-state index contributed by atoms with van der Waals surface area (Å²) >= 11 is 6.36. The van der Waals surface area contributed by atoms with Crippen LogP contribution in [-0.4, -0.2) is 38.9 Å². The molecule has 0 bridgehead atoms. The highest BCUT2D eigenvalue weighted by Crippen LogP contribution is 2.32. The molecule has 1 saturated carbocycles. The Morgan fingerprint density at radius 3 is 2.85 bits per heavy atom. The lowest BCUT2D eigenvalue weighted by molar-refractivity contribution is -0.139. The Labute approximate surface area is 192 Å². The SMILES string of the molecule is COC(=O)Cc1nn(Cc2cn3cc(OCC4CC4)c(Cl)cc3n2)c2cc(F)ccc2c1=O. The van der Waals surface area contributed by atoms with Gasteiger partial charge < -0.3 is 13.9 Å². The molecule has 1 aliphatic rings. The van der Waals surface area contributed by atoms with Gasteiger partial charge in [-0.25, -0.2) is 9.37 Å². The van der Waals surface area contributed by atoms with Crippen molar-refractivity contribution in [1.29, 1.82) is 0 Å². The number of ether oxygens (including phenoxy) is 2. The minimum atomic E-state index is -0.589.